The van der Waals surface area contributed by atoms with Crippen molar-refractivity contribution in [2.75, 3.05) is 6.54 Å². The normalized spacial score (nSPS) is 17.0. The van der Waals surface area contributed by atoms with Gasteiger partial charge in [0.25, 0.3) is 5.56 Å². The Kier molecular flexibility index (Phi) is 4.60. The topological polar surface area (TPSA) is 55.2 Å². The van der Waals surface area contributed by atoms with Crippen LogP contribution in [0.4, 0.5) is 0 Å². The predicted molar refractivity (Wildman–Crippen MR) is 116 cm³/mol. The number of carbonyl (C=O) groups excluding carboxylic acids is 1. The van der Waals surface area contributed by atoms with Crippen molar-refractivity contribution in [3.63, 3.8) is 0 Å². The maximum Gasteiger partial charge on any atom is 0.262 e. The lowest BCUT2D eigenvalue weighted by Gasteiger charge is -2.29. The van der Waals surface area contributed by atoms with Gasteiger partial charge in [-0.3, -0.25) is 14.2 Å². The molecule has 0 spiro atoms. The van der Waals surface area contributed by atoms with Gasteiger partial charge in [-0.1, -0.05) is 11.8 Å². The monoisotopic (exact) mass is 431 g/mol. The van der Waals surface area contributed by atoms with Gasteiger partial charge >= 0.3 is 0 Å². The predicted octanol–water partition coefficient (Wildman–Crippen LogP) is 3.61. The number of rotatable bonds is 3. The van der Waals surface area contributed by atoms with Crippen LogP contribution in [-0.4, -0.2) is 32.2 Å². The van der Waals surface area contributed by atoms with E-state index in [0.717, 1.165) is 42.4 Å². The van der Waals surface area contributed by atoms with Crippen molar-refractivity contribution in [2.45, 2.75) is 49.6 Å². The molecule has 2 aliphatic rings. The van der Waals surface area contributed by atoms with Crippen LogP contribution in [0.2, 0.25) is 0 Å². The number of hydrogen-bond donors (Lipinski definition) is 0. The van der Waals surface area contributed by atoms with Crippen LogP contribution in [0.1, 0.15) is 34.2 Å². The Balaban J connectivity index is 1.40. The van der Waals surface area contributed by atoms with E-state index in [4.69, 9.17) is 4.98 Å². The number of aromatic nitrogens is 2. The minimum atomic E-state index is -0.275. The quantitative estimate of drug-likeness (QED) is 0.470. The first-order valence-electron chi connectivity index (χ1n) is 9.55. The van der Waals surface area contributed by atoms with E-state index < -0.39 is 0 Å². The van der Waals surface area contributed by atoms with E-state index in [0.29, 0.717) is 11.7 Å². The van der Waals surface area contributed by atoms with Gasteiger partial charge in [-0.2, -0.15) is 0 Å². The Morgan fingerprint density at radius 1 is 1.29 bits per heavy atom. The van der Waals surface area contributed by atoms with E-state index in [1.165, 1.54) is 32.6 Å². The number of thioether (sulfide) groups is 1. The highest BCUT2D eigenvalue weighted by atomic mass is 32.2. The smallest absolute Gasteiger partial charge is 0.262 e. The van der Waals surface area contributed by atoms with Gasteiger partial charge in [0.05, 0.1) is 10.6 Å². The minimum Gasteiger partial charge on any atom is -0.337 e. The van der Waals surface area contributed by atoms with Gasteiger partial charge in [0.2, 0.25) is 5.91 Å². The van der Waals surface area contributed by atoms with Gasteiger partial charge in [0, 0.05) is 29.9 Å². The van der Waals surface area contributed by atoms with Crippen LogP contribution in [0.15, 0.2) is 21.4 Å². The Morgan fingerprint density at radius 2 is 2.14 bits per heavy atom. The summed E-state index contributed by atoms with van der Waals surface area (Å²) in [6, 6.07) is 2.12. The lowest BCUT2D eigenvalue weighted by atomic mass is 10.1. The minimum absolute atomic E-state index is 0.0208. The number of carbonyl (C=O) groups is 1. The zero-order valence-corrected chi connectivity index (χ0v) is 18.3. The summed E-state index contributed by atoms with van der Waals surface area (Å²) in [5.74, 6) is 0.116. The van der Waals surface area contributed by atoms with E-state index in [2.05, 4.69) is 11.4 Å². The van der Waals surface area contributed by atoms with Gasteiger partial charge in [-0.15, -0.1) is 22.7 Å². The Morgan fingerprint density at radius 3 is 3.00 bits per heavy atom. The molecular formula is C20H21N3O2S3. The summed E-state index contributed by atoms with van der Waals surface area (Å²) in [6.07, 6.45) is 4.09. The van der Waals surface area contributed by atoms with Crippen molar-refractivity contribution in [1.29, 1.82) is 0 Å². The molecule has 3 aromatic heterocycles. The van der Waals surface area contributed by atoms with Crippen LogP contribution in [-0.2, 0) is 37.6 Å². The molecule has 0 saturated heterocycles. The number of aryl methyl sites for hydroxylation is 2. The number of amides is 1. The molecule has 8 heteroatoms. The SMILES string of the molecule is CC(Sc1nc2sc3c(c2c(=O)n1C)CCC3)C(=O)N1CCc2sccc2C1. The number of fused-ring (bicyclic) bond motifs is 4. The highest BCUT2D eigenvalue weighted by molar-refractivity contribution is 8.00. The summed E-state index contributed by atoms with van der Waals surface area (Å²) >= 11 is 4.82. The summed E-state index contributed by atoms with van der Waals surface area (Å²) in [4.78, 5) is 36.2. The highest BCUT2D eigenvalue weighted by Gasteiger charge is 2.28. The lowest BCUT2D eigenvalue weighted by Crippen LogP contribution is -2.40. The molecular weight excluding hydrogens is 410 g/mol. The van der Waals surface area contributed by atoms with Crippen LogP contribution in [0.5, 0.6) is 0 Å². The second kappa shape index (κ2) is 7.00. The fraction of sp³-hybridized carbons (Fsp3) is 0.450. The van der Waals surface area contributed by atoms with Gasteiger partial charge in [-0.05, 0) is 55.2 Å². The molecule has 1 aliphatic heterocycles. The highest BCUT2D eigenvalue weighted by Crippen LogP contribution is 2.36. The largest absolute Gasteiger partial charge is 0.337 e. The van der Waals surface area contributed by atoms with Crippen LogP contribution >= 0.6 is 34.4 Å². The van der Waals surface area contributed by atoms with Crippen LogP contribution in [0, 0.1) is 0 Å². The second-order valence-electron chi connectivity index (χ2n) is 7.43. The Hall–Kier alpha value is -1.64. The molecule has 1 aliphatic carbocycles. The molecule has 1 unspecified atom stereocenters. The summed E-state index contributed by atoms with van der Waals surface area (Å²) < 4.78 is 1.62. The summed E-state index contributed by atoms with van der Waals surface area (Å²) in [6.45, 7) is 3.37. The second-order valence-corrected chi connectivity index (χ2v) is 10.8. The molecule has 0 radical (unpaired) electrons. The standard InChI is InChI=1S/C20H21N3O2S3/c1-11(18(24)23-8-6-14-12(10-23)7-9-26-14)27-20-21-17-16(19(25)22(20)2)13-4-3-5-15(13)28-17/h7,9,11H,3-6,8,10H2,1-2H3. The van der Waals surface area contributed by atoms with E-state index in [1.54, 1.807) is 34.3 Å². The van der Waals surface area contributed by atoms with Crippen molar-refractivity contribution >= 4 is 50.6 Å². The third kappa shape index (κ3) is 2.93. The molecule has 5 nitrogen and oxygen atoms in total. The Labute approximate surface area is 175 Å². The first-order valence-corrected chi connectivity index (χ1v) is 12.1. The number of hydrogen-bond acceptors (Lipinski definition) is 6. The van der Waals surface area contributed by atoms with E-state index in [9.17, 15) is 9.59 Å². The van der Waals surface area contributed by atoms with Gasteiger partial charge in [-0.25, -0.2) is 4.98 Å². The summed E-state index contributed by atoms with van der Waals surface area (Å²) in [5, 5.41) is 3.25. The zero-order valence-electron chi connectivity index (χ0n) is 15.9. The molecule has 0 aromatic carbocycles. The molecule has 3 aromatic rings. The third-order valence-electron chi connectivity index (χ3n) is 5.65. The molecule has 4 heterocycles. The summed E-state index contributed by atoms with van der Waals surface area (Å²) in [7, 11) is 1.77. The number of nitrogens with zero attached hydrogens (tertiary/aromatic N) is 3. The molecule has 0 fully saturated rings. The van der Waals surface area contributed by atoms with E-state index >= 15 is 0 Å². The van der Waals surface area contributed by atoms with Crippen LogP contribution in [0.25, 0.3) is 10.2 Å². The molecule has 0 bridgehead atoms. The fourth-order valence-electron chi connectivity index (χ4n) is 4.11. The Bertz CT molecular complexity index is 1140. The van der Waals surface area contributed by atoms with Crippen molar-refractivity contribution in [3.8, 4) is 0 Å². The average molecular weight is 432 g/mol. The molecule has 1 amide bonds. The van der Waals surface area contributed by atoms with E-state index in [1.807, 2.05) is 11.8 Å². The molecule has 146 valence electrons. The molecule has 5 rings (SSSR count). The summed E-state index contributed by atoms with van der Waals surface area (Å²) in [5.41, 5.74) is 2.49. The molecule has 0 saturated carbocycles. The number of thiophene rings is 2. The average Bonchev–Trinajstić information content (AvgIpc) is 3.39. The van der Waals surface area contributed by atoms with Crippen molar-refractivity contribution < 1.29 is 4.79 Å². The van der Waals surface area contributed by atoms with Crippen molar-refractivity contribution in [1.82, 2.24) is 14.5 Å². The molecule has 0 N–H and O–H groups in total. The fourth-order valence-corrected chi connectivity index (χ4v) is 7.26. The lowest BCUT2D eigenvalue weighted by molar-refractivity contribution is -0.131. The molecule has 1 atom stereocenters. The van der Waals surface area contributed by atoms with Crippen molar-refractivity contribution in [3.05, 3.63) is 42.7 Å². The maximum absolute atomic E-state index is 13.0. The van der Waals surface area contributed by atoms with Gasteiger partial charge in [0.1, 0.15) is 4.83 Å². The first-order chi connectivity index (χ1) is 13.5. The molecule has 28 heavy (non-hydrogen) atoms. The van der Waals surface area contributed by atoms with Gasteiger partial charge in [0.15, 0.2) is 5.16 Å². The van der Waals surface area contributed by atoms with E-state index in [-0.39, 0.29) is 16.7 Å². The zero-order chi connectivity index (χ0) is 19.4. The van der Waals surface area contributed by atoms with Crippen LogP contribution < -0.4 is 5.56 Å². The van der Waals surface area contributed by atoms with Crippen LogP contribution in [0.3, 0.4) is 0 Å². The van der Waals surface area contributed by atoms with Crippen molar-refractivity contribution in [2.24, 2.45) is 7.05 Å². The van der Waals surface area contributed by atoms with Gasteiger partial charge < -0.3 is 4.90 Å². The maximum atomic E-state index is 13.0. The third-order valence-corrected chi connectivity index (χ3v) is 8.99. The first kappa shape index (κ1) is 18.4.